The molecule has 1 N–H and O–H groups in total. The van der Waals surface area contributed by atoms with Crippen LogP contribution in [0.25, 0.3) is 0 Å². The molecule has 3 nitrogen and oxygen atoms in total. The lowest BCUT2D eigenvalue weighted by atomic mass is 9.88. The maximum atomic E-state index is 11.4. The summed E-state index contributed by atoms with van der Waals surface area (Å²) in [6.07, 6.45) is 1.74. The van der Waals surface area contributed by atoms with Crippen molar-refractivity contribution in [1.82, 2.24) is 4.72 Å². The molecule has 1 atom stereocenters. The molecule has 1 unspecified atom stereocenters. The fourth-order valence-corrected chi connectivity index (χ4v) is 2.58. The van der Waals surface area contributed by atoms with Crippen LogP contribution < -0.4 is 4.72 Å². The van der Waals surface area contributed by atoms with E-state index in [4.69, 9.17) is 0 Å². The van der Waals surface area contributed by atoms with Gasteiger partial charge in [-0.1, -0.05) is 13.8 Å². The van der Waals surface area contributed by atoms with Crippen LogP contribution in [0, 0.1) is 5.41 Å². The Labute approximate surface area is 74.6 Å². The van der Waals surface area contributed by atoms with Crippen molar-refractivity contribution in [2.75, 3.05) is 6.54 Å². The largest absolute Gasteiger partial charge is 0.214 e. The molecule has 0 amide bonds. The second-order valence-corrected chi connectivity index (χ2v) is 6.56. The first-order chi connectivity index (χ1) is 5.33. The summed E-state index contributed by atoms with van der Waals surface area (Å²) in [7, 11) is -3.02. The Balaban J connectivity index is 2.80. The highest BCUT2D eigenvalue weighted by molar-refractivity contribution is 7.90. The second kappa shape index (κ2) is 3.00. The average Bonchev–Trinajstić information content (AvgIpc) is 2.03. The molecule has 1 heterocycles. The first-order valence-corrected chi connectivity index (χ1v) is 5.87. The van der Waals surface area contributed by atoms with Gasteiger partial charge in [0.25, 0.3) is 0 Å². The molecule has 1 rings (SSSR count). The molecular weight excluding hydrogens is 174 g/mol. The van der Waals surface area contributed by atoms with Crippen molar-refractivity contribution >= 4 is 10.0 Å². The second-order valence-electron chi connectivity index (χ2n) is 4.38. The van der Waals surface area contributed by atoms with Crippen LogP contribution >= 0.6 is 0 Å². The van der Waals surface area contributed by atoms with Crippen LogP contribution in [0.5, 0.6) is 0 Å². The summed E-state index contributed by atoms with van der Waals surface area (Å²) in [6, 6.07) is 0. The molecule has 0 aromatic heterocycles. The summed E-state index contributed by atoms with van der Waals surface area (Å²) in [5, 5.41) is -0.237. The molecule has 4 heteroatoms. The van der Waals surface area contributed by atoms with E-state index in [0.29, 0.717) is 6.54 Å². The lowest BCUT2D eigenvalue weighted by Crippen LogP contribution is -2.34. The first-order valence-electron chi connectivity index (χ1n) is 4.32. The highest BCUT2D eigenvalue weighted by atomic mass is 32.2. The average molecular weight is 191 g/mol. The smallest absolute Gasteiger partial charge is 0.214 e. The lowest BCUT2D eigenvalue weighted by molar-refractivity contribution is 0.336. The van der Waals surface area contributed by atoms with Crippen LogP contribution in [-0.2, 0) is 10.0 Å². The minimum absolute atomic E-state index is 0.109. The molecular formula is C8H17NO2S. The highest BCUT2D eigenvalue weighted by Crippen LogP contribution is 2.27. The predicted octanol–water partition coefficient (Wildman–Crippen LogP) is 1.11. The zero-order valence-corrected chi connectivity index (χ0v) is 8.74. The van der Waals surface area contributed by atoms with Gasteiger partial charge in [-0.3, -0.25) is 0 Å². The van der Waals surface area contributed by atoms with E-state index in [1.54, 1.807) is 6.92 Å². The van der Waals surface area contributed by atoms with E-state index in [0.717, 1.165) is 12.8 Å². The molecule has 0 aromatic rings. The minimum atomic E-state index is -3.02. The zero-order chi connectivity index (χ0) is 9.41. The van der Waals surface area contributed by atoms with Gasteiger partial charge in [0.2, 0.25) is 10.0 Å². The van der Waals surface area contributed by atoms with Gasteiger partial charge in [-0.25, -0.2) is 13.1 Å². The molecule has 1 fully saturated rings. The van der Waals surface area contributed by atoms with Crippen molar-refractivity contribution in [1.29, 1.82) is 0 Å². The molecule has 1 aliphatic heterocycles. The molecule has 0 radical (unpaired) electrons. The van der Waals surface area contributed by atoms with Crippen molar-refractivity contribution < 1.29 is 8.42 Å². The third kappa shape index (κ3) is 2.20. The lowest BCUT2D eigenvalue weighted by Gasteiger charge is -2.20. The molecule has 0 spiro atoms. The molecule has 1 saturated heterocycles. The summed E-state index contributed by atoms with van der Waals surface area (Å²) >= 11 is 0. The van der Waals surface area contributed by atoms with Gasteiger partial charge in [0, 0.05) is 6.54 Å². The van der Waals surface area contributed by atoms with E-state index in [9.17, 15) is 8.42 Å². The molecule has 0 bridgehead atoms. The number of nitrogens with one attached hydrogen (secondary N) is 1. The Morgan fingerprint density at radius 2 is 2.00 bits per heavy atom. The van der Waals surface area contributed by atoms with Gasteiger partial charge >= 0.3 is 0 Å². The first kappa shape index (κ1) is 9.99. The standard InChI is InChI=1S/C8H17NO2S/c1-7-4-5-8(2,3)6-9-12(7,10)11/h7,9H,4-6H2,1-3H3. The molecule has 0 aliphatic carbocycles. The Morgan fingerprint density at radius 3 is 2.58 bits per heavy atom. The van der Waals surface area contributed by atoms with E-state index in [1.165, 1.54) is 0 Å². The highest BCUT2D eigenvalue weighted by Gasteiger charge is 2.30. The van der Waals surface area contributed by atoms with Gasteiger partial charge in [-0.2, -0.15) is 0 Å². The van der Waals surface area contributed by atoms with Crippen LogP contribution in [0.3, 0.4) is 0 Å². The number of sulfonamides is 1. The van der Waals surface area contributed by atoms with Gasteiger partial charge in [-0.05, 0) is 25.2 Å². The van der Waals surface area contributed by atoms with E-state index in [-0.39, 0.29) is 10.7 Å². The van der Waals surface area contributed by atoms with E-state index in [2.05, 4.69) is 18.6 Å². The van der Waals surface area contributed by atoms with Crippen molar-refractivity contribution in [2.24, 2.45) is 5.41 Å². The normalized spacial score (nSPS) is 34.1. The van der Waals surface area contributed by atoms with Crippen LogP contribution in [0.4, 0.5) is 0 Å². The van der Waals surface area contributed by atoms with Crippen LogP contribution in [0.1, 0.15) is 33.6 Å². The van der Waals surface area contributed by atoms with Crippen molar-refractivity contribution in [3.8, 4) is 0 Å². The van der Waals surface area contributed by atoms with Crippen LogP contribution in [0.15, 0.2) is 0 Å². The van der Waals surface area contributed by atoms with Crippen molar-refractivity contribution in [3.05, 3.63) is 0 Å². The van der Waals surface area contributed by atoms with Gasteiger partial charge < -0.3 is 0 Å². The number of rotatable bonds is 0. The topological polar surface area (TPSA) is 46.2 Å². The summed E-state index contributed by atoms with van der Waals surface area (Å²) in [5.74, 6) is 0. The molecule has 1 aliphatic rings. The molecule has 12 heavy (non-hydrogen) atoms. The molecule has 72 valence electrons. The number of hydrogen-bond acceptors (Lipinski definition) is 2. The number of hydrogen-bond donors (Lipinski definition) is 1. The Hall–Kier alpha value is -0.0900. The van der Waals surface area contributed by atoms with Gasteiger partial charge in [0.05, 0.1) is 5.25 Å². The van der Waals surface area contributed by atoms with Crippen LogP contribution in [0.2, 0.25) is 0 Å². The van der Waals surface area contributed by atoms with Gasteiger partial charge in [0.15, 0.2) is 0 Å². The summed E-state index contributed by atoms with van der Waals surface area (Å²) in [6.45, 7) is 6.52. The van der Waals surface area contributed by atoms with Crippen LogP contribution in [-0.4, -0.2) is 20.2 Å². The van der Waals surface area contributed by atoms with Crippen molar-refractivity contribution in [3.63, 3.8) is 0 Å². The van der Waals surface area contributed by atoms with E-state index < -0.39 is 10.0 Å². The fourth-order valence-electron chi connectivity index (χ4n) is 1.28. The summed E-state index contributed by atoms with van der Waals surface area (Å²) in [4.78, 5) is 0. The quantitative estimate of drug-likeness (QED) is 0.623. The minimum Gasteiger partial charge on any atom is -0.214 e. The molecule has 0 aromatic carbocycles. The SMILES string of the molecule is CC1CCC(C)(C)CNS1(=O)=O. The monoisotopic (exact) mass is 191 g/mol. The van der Waals surface area contributed by atoms with Crippen molar-refractivity contribution in [2.45, 2.75) is 38.9 Å². The third-order valence-electron chi connectivity index (χ3n) is 2.51. The maximum absolute atomic E-state index is 11.4. The Bertz CT molecular complexity index is 256. The van der Waals surface area contributed by atoms with E-state index >= 15 is 0 Å². The van der Waals surface area contributed by atoms with Gasteiger partial charge in [0.1, 0.15) is 0 Å². The predicted molar refractivity (Wildman–Crippen MR) is 49.4 cm³/mol. The summed E-state index contributed by atoms with van der Waals surface area (Å²) < 4.78 is 25.4. The molecule has 0 saturated carbocycles. The fraction of sp³-hybridized carbons (Fsp3) is 1.00. The third-order valence-corrected chi connectivity index (χ3v) is 4.35. The summed E-state index contributed by atoms with van der Waals surface area (Å²) in [5.41, 5.74) is 0.109. The Kier molecular flexibility index (Phi) is 2.50. The van der Waals surface area contributed by atoms with E-state index in [1.807, 2.05) is 0 Å². The maximum Gasteiger partial charge on any atom is 0.214 e. The Morgan fingerprint density at radius 1 is 1.42 bits per heavy atom. The van der Waals surface area contributed by atoms with Gasteiger partial charge in [-0.15, -0.1) is 0 Å². The zero-order valence-electron chi connectivity index (χ0n) is 7.92.